The summed E-state index contributed by atoms with van der Waals surface area (Å²) in [5.74, 6) is -0.409. The number of rotatable bonds is 3. The topological polar surface area (TPSA) is 73.8 Å². The third kappa shape index (κ3) is 3.73. The molecule has 0 aliphatic carbocycles. The molecule has 5 rings (SSSR count). The summed E-state index contributed by atoms with van der Waals surface area (Å²) < 4.78 is 2.09. The highest BCUT2D eigenvalue weighted by Gasteiger charge is 2.36. The van der Waals surface area contributed by atoms with Crippen LogP contribution in [0.25, 0.3) is 11.8 Å². The molecule has 0 radical (unpaired) electrons. The van der Waals surface area contributed by atoms with E-state index in [1.54, 1.807) is 6.08 Å². The predicted octanol–water partition coefficient (Wildman–Crippen LogP) is 5.72. The van der Waals surface area contributed by atoms with E-state index >= 15 is 0 Å². The number of nitrogens with zero attached hydrogens (tertiary/aromatic N) is 4. The van der Waals surface area contributed by atoms with Gasteiger partial charge in [0, 0.05) is 27.7 Å². The fraction of sp³-hybridized carbons (Fsp3) is 0.120. The first kappa shape index (κ1) is 21.4. The van der Waals surface area contributed by atoms with Gasteiger partial charge in [-0.3, -0.25) is 10.2 Å². The van der Waals surface area contributed by atoms with Crippen LogP contribution in [0.1, 0.15) is 28.1 Å². The second-order valence-corrected chi connectivity index (χ2v) is 9.27. The van der Waals surface area contributed by atoms with Crippen molar-refractivity contribution < 1.29 is 4.79 Å². The number of thioether (sulfide) groups is 1. The third-order valence-corrected chi connectivity index (χ3v) is 6.88. The second-order valence-electron chi connectivity index (χ2n) is 7.88. The van der Waals surface area contributed by atoms with Gasteiger partial charge in [0.05, 0.1) is 5.57 Å². The molecule has 164 valence electrons. The van der Waals surface area contributed by atoms with Gasteiger partial charge in [-0.2, -0.15) is 15.1 Å². The van der Waals surface area contributed by atoms with Crippen molar-refractivity contribution in [3.8, 4) is 5.69 Å². The zero-order chi connectivity index (χ0) is 23.3. The number of fused-ring (bicyclic) bond motifs is 1. The van der Waals surface area contributed by atoms with Crippen molar-refractivity contribution in [2.45, 2.75) is 20.8 Å². The molecule has 0 bridgehead atoms. The summed E-state index contributed by atoms with van der Waals surface area (Å²) >= 11 is 7.35. The van der Waals surface area contributed by atoms with Gasteiger partial charge in [0.15, 0.2) is 5.84 Å². The molecule has 3 aromatic rings. The molecule has 6 nitrogen and oxygen atoms in total. The van der Waals surface area contributed by atoms with Crippen LogP contribution < -0.4 is 0 Å². The maximum absolute atomic E-state index is 12.9. The van der Waals surface area contributed by atoms with Crippen molar-refractivity contribution in [3.63, 3.8) is 0 Å². The molecular weight excluding hydrogens is 454 g/mol. The van der Waals surface area contributed by atoms with E-state index in [2.05, 4.69) is 14.7 Å². The molecule has 2 aliphatic rings. The van der Waals surface area contributed by atoms with Crippen molar-refractivity contribution in [1.82, 2.24) is 9.58 Å². The smallest absolute Gasteiger partial charge is 0.283 e. The largest absolute Gasteiger partial charge is 0.318 e. The molecule has 1 aromatic heterocycles. The number of amides is 1. The highest BCUT2D eigenvalue weighted by Crippen LogP contribution is 2.32. The Morgan fingerprint density at radius 3 is 2.52 bits per heavy atom. The van der Waals surface area contributed by atoms with Crippen LogP contribution in [-0.2, 0) is 4.79 Å². The number of halogens is 1. The van der Waals surface area contributed by atoms with Crippen LogP contribution in [0.2, 0.25) is 5.02 Å². The lowest BCUT2D eigenvalue weighted by atomic mass is 10.1. The van der Waals surface area contributed by atoms with Crippen LogP contribution in [0.15, 0.2) is 70.3 Å². The van der Waals surface area contributed by atoms with E-state index < -0.39 is 5.91 Å². The highest BCUT2D eigenvalue weighted by atomic mass is 35.5. The van der Waals surface area contributed by atoms with Crippen LogP contribution in [0.5, 0.6) is 0 Å². The molecular formula is C25H20ClN5OS. The van der Waals surface area contributed by atoms with Crippen molar-refractivity contribution in [2.24, 2.45) is 10.1 Å². The van der Waals surface area contributed by atoms with Gasteiger partial charge in [-0.15, -0.1) is 0 Å². The Bertz CT molecular complexity index is 1420. The predicted molar refractivity (Wildman–Crippen MR) is 136 cm³/mol. The number of hydrazone groups is 1. The Morgan fingerprint density at radius 1 is 1.06 bits per heavy atom. The zero-order valence-corrected chi connectivity index (χ0v) is 19.8. The van der Waals surface area contributed by atoms with Gasteiger partial charge in [0.2, 0.25) is 5.17 Å². The molecule has 0 saturated carbocycles. The summed E-state index contributed by atoms with van der Waals surface area (Å²) in [5, 5.41) is 16.5. The summed E-state index contributed by atoms with van der Waals surface area (Å²) in [6.45, 7) is 6.00. The quantitative estimate of drug-likeness (QED) is 0.494. The maximum atomic E-state index is 12.9. The average molecular weight is 474 g/mol. The van der Waals surface area contributed by atoms with Gasteiger partial charge >= 0.3 is 0 Å². The number of hydrogen-bond acceptors (Lipinski definition) is 4. The first-order valence-corrected chi connectivity index (χ1v) is 11.5. The van der Waals surface area contributed by atoms with Crippen molar-refractivity contribution >= 4 is 51.4 Å². The van der Waals surface area contributed by atoms with Gasteiger partial charge in [-0.05, 0) is 80.1 Å². The van der Waals surface area contributed by atoms with E-state index in [4.69, 9.17) is 17.0 Å². The minimum Gasteiger partial charge on any atom is -0.318 e. The monoisotopic (exact) mass is 473 g/mol. The molecule has 3 heterocycles. The Kier molecular flexibility index (Phi) is 5.31. The highest BCUT2D eigenvalue weighted by molar-refractivity contribution is 8.27. The summed E-state index contributed by atoms with van der Waals surface area (Å²) in [7, 11) is 0. The molecule has 1 N–H and O–H groups in total. The van der Waals surface area contributed by atoms with E-state index in [0.29, 0.717) is 10.2 Å². The number of hydrogen-bond donors (Lipinski definition) is 1. The van der Waals surface area contributed by atoms with Crippen LogP contribution in [0.3, 0.4) is 0 Å². The Labute approximate surface area is 200 Å². The number of carbonyl (C=O) groups excluding carboxylic acids is 1. The van der Waals surface area contributed by atoms with Gasteiger partial charge in [-0.1, -0.05) is 35.9 Å². The Hall–Kier alpha value is -3.42. The summed E-state index contributed by atoms with van der Waals surface area (Å²) in [6.07, 6.45) is 1.73. The SMILES string of the molecule is Cc1ccccc1C1=NN2C(=N)C(=Cc3cc(C)n(-c4ccc(Cl)cc4)c3C)C(=O)N=C2S1. The Balaban J connectivity index is 1.52. The molecule has 0 atom stereocenters. The lowest BCUT2D eigenvalue weighted by Crippen LogP contribution is -2.35. The zero-order valence-electron chi connectivity index (χ0n) is 18.3. The fourth-order valence-electron chi connectivity index (χ4n) is 3.99. The second kappa shape index (κ2) is 8.17. The normalized spacial score (nSPS) is 16.8. The molecule has 1 amide bonds. The van der Waals surface area contributed by atoms with Crippen LogP contribution in [0, 0.1) is 26.2 Å². The van der Waals surface area contributed by atoms with E-state index in [1.807, 2.05) is 75.4 Å². The van der Waals surface area contributed by atoms with Gasteiger partial charge in [0.1, 0.15) is 5.04 Å². The number of aryl methyl sites for hydroxylation is 2. The van der Waals surface area contributed by atoms with E-state index in [1.165, 1.54) is 16.8 Å². The van der Waals surface area contributed by atoms with Crippen molar-refractivity contribution in [1.29, 1.82) is 5.41 Å². The lowest BCUT2D eigenvalue weighted by molar-refractivity contribution is -0.114. The summed E-state index contributed by atoms with van der Waals surface area (Å²) in [5.41, 5.74) is 6.06. The Morgan fingerprint density at radius 2 is 1.79 bits per heavy atom. The summed E-state index contributed by atoms with van der Waals surface area (Å²) in [6, 6.07) is 17.5. The molecule has 0 fully saturated rings. The standard InChI is InChI=1S/C25H20ClN5OS/c1-14-6-4-5-7-20(14)24-29-31-22(27)21(23(32)28-25(31)33-24)13-17-12-15(2)30(16(17)3)19-10-8-18(26)9-11-19/h4-13,27H,1-3H3. The molecule has 0 spiro atoms. The van der Waals surface area contributed by atoms with E-state index in [-0.39, 0.29) is 11.4 Å². The fourth-order valence-corrected chi connectivity index (χ4v) is 5.10. The summed E-state index contributed by atoms with van der Waals surface area (Å²) in [4.78, 5) is 17.1. The van der Waals surface area contributed by atoms with E-state index in [9.17, 15) is 4.79 Å². The molecule has 0 unspecified atom stereocenters. The first-order valence-electron chi connectivity index (χ1n) is 10.3. The number of nitrogens with one attached hydrogen (secondary N) is 1. The third-order valence-electron chi connectivity index (χ3n) is 5.68. The first-order chi connectivity index (χ1) is 15.8. The van der Waals surface area contributed by atoms with Gasteiger partial charge in [0.25, 0.3) is 5.91 Å². The molecule has 0 saturated heterocycles. The minimum absolute atomic E-state index is 0.0254. The number of aromatic nitrogens is 1. The van der Waals surface area contributed by atoms with Gasteiger partial charge in [-0.25, -0.2) is 0 Å². The van der Waals surface area contributed by atoms with Gasteiger partial charge < -0.3 is 4.57 Å². The van der Waals surface area contributed by atoms with Crippen LogP contribution >= 0.6 is 23.4 Å². The van der Waals surface area contributed by atoms with Crippen LogP contribution in [0.4, 0.5) is 0 Å². The minimum atomic E-state index is -0.434. The average Bonchev–Trinajstić information content (AvgIpc) is 3.33. The molecule has 33 heavy (non-hydrogen) atoms. The van der Waals surface area contributed by atoms with Crippen LogP contribution in [-0.4, -0.2) is 31.5 Å². The number of benzene rings is 2. The van der Waals surface area contributed by atoms with Crippen molar-refractivity contribution in [2.75, 3.05) is 0 Å². The molecule has 2 aromatic carbocycles. The molecule has 8 heteroatoms. The number of aliphatic imine (C=N–C) groups is 1. The number of carbonyl (C=O) groups is 1. The number of amidine groups is 2. The van der Waals surface area contributed by atoms with Crippen molar-refractivity contribution in [3.05, 3.63) is 93.3 Å². The lowest BCUT2D eigenvalue weighted by Gasteiger charge is -2.20. The molecule has 2 aliphatic heterocycles. The van der Waals surface area contributed by atoms with E-state index in [0.717, 1.165) is 38.8 Å². The maximum Gasteiger partial charge on any atom is 0.283 e.